The van der Waals surface area contributed by atoms with Gasteiger partial charge in [0.25, 0.3) is 10.0 Å². The van der Waals surface area contributed by atoms with Crippen molar-refractivity contribution < 1.29 is 27.4 Å². The van der Waals surface area contributed by atoms with Crippen LogP contribution in [0, 0.1) is 5.82 Å². The van der Waals surface area contributed by atoms with Gasteiger partial charge in [-0.05, 0) is 52.3 Å². The molecule has 0 aromatic heterocycles. The van der Waals surface area contributed by atoms with Crippen LogP contribution in [0.15, 0.2) is 45.8 Å². The molecule has 24 heavy (non-hydrogen) atoms. The van der Waals surface area contributed by atoms with Crippen molar-refractivity contribution in [2.24, 2.45) is 0 Å². The van der Waals surface area contributed by atoms with E-state index in [2.05, 4.69) is 20.7 Å². The number of halogens is 3. The van der Waals surface area contributed by atoms with Crippen LogP contribution in [0.3, 0.4) is 0 Å². The fourth-order valence-corrected chi connectivity index (χ4v) is 3.67. The van der Waals surface area contributed by atoms with Crippen LogP contribution in [0.5, 0.6) is 5.75 Å². The number of nitrogens with one attached hydrogen (secondary N) is 1. The fourth-order valence-electron chi connectivity index (χ4n) is 1.68. The number of ether oxygens (including phenoxy) is 1. The normalized spacial score (nSPS) is 11.1. The van der Waals surface area contributed by atoms with Crippen LogP contribution in [-0.4, -0.2) is 26.1 Å². The Bertz CT molecular complexity index is 891. The molecule has 2 aromatic carbocycles. The quantitative estimate of drug-likeness (QED) is 0.720. The standard InChI is InChI=1S/C14H10BrClFNO5S/c15-10-5-8(17)1-3-12(10)18-24(21,22)9-2-4-13(11(16)6-9)23-7-14(19)20/h1-6,18H,7H2,(H,19,20). The first-order valence-corrected chi connectivity index (χ1v) is 8.96. The summed E-state index contributed by atoms with van der Waals surface area (Å²) in [6.45, 7) is -0.605. The lowest BCUT2D eigenvalue weighted by Gasteiger charge is -2.11. The van der Waals surface area contributed by atoms with Crippen LogP contribution in [-0.2, 0) is 14.8 Å². The Labute approximate surface area is 150 Å². The average molecular weight is 439 g/mol. The number of sulfonamides is 1. The molecule has 128 valence electrons. The molecule has 0 fully saturated rings. The van der Waals surface area contributed by atoms with Gasteiger partial charge in [-0.2, -0.15) is 0 Å². The van der Waals surface area contributed by atoms with Gasteiger partial charge in [-0.1, -0.05) is 11.6 Å². The maximum absolute atomic E-state index is 13.0. The number of anilines is 1. The van der Waals surface area contributed by atoms with Gasteiger partial charge in [0.15, 0.2) is 6.61 Å². The number of rotatable bonds is 6. The van der Waals surface area contributed by atoms with Crippen LogP contribution in [0.1, 0.15) is 0 Å². The average Bonchev–Trinajstić information content (AvgIpc) is 2.48. The van der Waals surface area contributed by atoms with Crippen molar-refractivity contribution in [2.75, 3.05) is 11.3 Å². The summed E-state index contributed by atoms with van der Waals surface area (Å²) in [6, 6.07) is 7.08. The summed E-state index contributed by atoms with van der Waals surface area (Å²) in [6.07, 6.45) is 0. The maximum atomic E-state index is 13.0. The van der Waals surface area contributed by atoms with E-state index in [-0.39, 0.29) is 25.8 Å². The van der Waals surface area contributed by atoms with Crippen molar-refractivity contribution in [3.63, 3.8) is 0 Å². The third-order valence-corrected chi connectivity index (χ3v) is 5.05. The lowest BCUT2D eigenvalue weighted by atomic mass is 10.3. The molecule has 0 heterocycles. The second kappa shape index (κ2) is 7.37. The molecule has 6 nitrogen and oxygen atoms in total. The van der Waals surface area contributed by atoms with Gasteiger partial charge in [-0.25, -0.2) is 17.6 Å². The Hall–Kier alpha value is -1.84. The summed E-state index contributed by atoms with van der Waals surface area (Å²) >= 11 is 8.97. The van der Waals surface area contributed by atoms with Crippen LogP contribution in [0.25, 0.3) is 0 Å². The van der Waals surface area contributed by atoms with E-state index in [0.29, 0.717) is 0 Å². The van der Waals surface area contributed by atoms with Gasteiger partial charge >= 0.3 is 5.97 Å². The molecule has 0 aliphatic heterocycles. The van der Waals surface area contributed by atoms with Crippen LogP contribution in [0.2, 0.25) is 5.02 Å². The van der Waals surface area contributed by atoms with Gasteiger partial charge < -0.3 is 9.84 Å². The molecule has 0 radical (unpaired) electrons. The van der Waals surface area contributed by atoms with Gasteiger partial charge in [0.1, 0.15) is 11.6 Å². The lowest BCUT2D eigenvalue weighted by molar-refractivity contribution is -0.139. The number of carboxylic acid groups (broad SMARTS) is 1. The van der Waals surface area contributed by atoms with E-state index in [9.17, 15) is 17.6 Å². The van der Waals surface area contributed by atoms with Gasteiger partial charge in [-0.3, -0.25) is 4.72 Å². The lowest BCUT2D eigenvalue weighted by Crippen LogP contribution is -2.14. The Morgan fingerprint density at radius 3 is 2.58 bits per heavy atom. The van der Waals surface area contributed by atoms with E-state index in [1.165, 1.54) is 18.2 Å². The van der Waals surface area contributed by atoms with Crippen molar-refractivity contribution in [1.82, 2.24) is 0 Å². The first-order chi connectivity index (χ1) is 11.2. The van der Waals surface area contributed by atoms with Crippen LogP contribution >= 0.6 is 27.5 Å². The molecule has 0 spiro atoms. The molecular weight excluding hydrogens is 429 g/mol. The highest BCUT2D eigenvalue weighted by molar-refractivity contribution is 9.10. The number of carbonyl (C=O) groups is 1. The van der Waals surface area contributed by atoms with E-state index in [4.69, 9.17) is 21.4 Å². The maximum Gasteiger partial charge on any atom is 0.341 e. The highest BCUT2D eigenvalue weighted by Crippen LogP contribution is 2.30. The molecule has 0 atom stereocenters. The second-order valence-corrected chi connectivity index (χ2v) is 7.45. The Morgan fingerprint density at radius 1 is 1.29 bits per heavy atom. The smallest absolute Gasteiger partial charge is 0.341 e. The summed E-state index contributed by atoms with van der Waals surface area (Å²) in [5.41, 5.74) is 0.152. The molecule has 0 amide bonds. The SMILES string of the molecule is O=C(O)COc1ccc(S(=O)(=O)Nc2ccc(F)cc2Br)cc1Cl. The topological polar surface area (TPSA) is 92.7 Å². The van der Waals surface area contributed by atoms with Crippen LogP contribution in [0.4, 0.5) is 10.1 Å². The van der Waals surface area contributed by atoms with E-state index in [1.807, 2.05) is 0 Å². The van der Waals surface area contributed by atoms with Crippen molar-refractivity contribution in [3.8, 4) is 5.75 Å². The zero-order chi connectivity index (χ0) is 17.9. The molecule has 10 heteroatoms. The zero-order valence-corrected chi connectivity index (χ0v) is 15.0. The Morgan fingerprint density at radius 2 is 2.00 bits per heavy atom. The Balaban J connectivity index is 2.26. The molecule has 0 aliphatic rings. The summed E-state index contributed by atoms with van der Waals surface area (Å²) in [7, 11) is -3.98. The minimum Gasteiger partial charge on any atom is -0.480 e. The summed E-state index contributed by atoms with van der Waals surface area (Å²) < 4.78 is 45.2. The predicted molar refractivity (Wildman–Crippen MR) is 89.5 cm³/mol. The molecule has 0 saturated carbocycles. The molecule has 0 saturated heterocycles. The molecule has 0 aliphatic carbocycles. The minimum atomic E-state index is -3.98. The van der Waals surface area contributed by atoms with Gasteiger partial charge in [0.2, 0.25) is 0 Å². The third kappa shape index (κ3) is 4.59. The number of hydrogen-bond donors (Lipinski definition) is 2. The highest BCUT2D eigenvalue weighted by Gasteiger charge is 2.18. The van der Waals surface area contributed by atoms with E-state index < -0.39 is 28.4 Å². The molecule has 2 N–H and O–H groups in total. The molecule has 0 bridgehead atoms. The second-order valence-electron chi connectivity index (χ2n) is 4.50. The largest absolute Gasteiger partial charge is 0.480 e. The molecular formula is C14H10BrClFNO5S. The first-order valence-electron chi connectivity index (χ1n) is 6.31. The number of aliphatic carboxylic acids is 1. The van der Waals surface area contributed by atoms with Crippen molar-refractivity contribution in [2.45, 2.75) is 4.90 Å². The number of hydrogen-bond acceptors (Lipinski definition) is 4. The van der Waals surface area contributed by atoms with Crippen molar-refractivity contribution in [1.29, 1.82) is 0 Å². The highest BCUT2D eigenvalue weighted by atomic mass is 79.9. The summed E-state index contributed by atoms with van der Waals surface area (Å²) in [5, 5.41) is 8.50. The van der Waals surface area contributed by atoms with E-state index >= 15 is 0 Å². The number of benzene rings is 2. The molecule has 2 rings (SSSR count). The van der Waals surface area contributed by atoms with Crippen molar-refractivity contribution in [3.05, 3.63) is 51.7 Å². The van der Waals surface area contributed by atoms with Crippen LogP contribution < -0.4 is 9.46 Å². The number of carboxylic acids is 1. The Kier molecular flexibility index (Phi) is 5.68. The third-order valence-electron chi connectivity index (χ3n) is 2.74. The predicted octanol–water partition coefficient (Wildman–Crippen LogP) is 3.51. The zero-order valence-electron chi connectivity index (χ0n) is 11.8. The summed E-state index contributed by atoms with van der Waals surface area (Å²) in [5.74, 6) is -1.67. The van der Waals surface area contributed by atoms with E-state index in [0.717, 1.165) is 18.2 Å². The fraction of sp³-hybridized carbons (Fsp3) is 0.0714. The van der Waals surface area contributed by atoms with Gasteiger partial charge in [0, 0.05) is 4.47 Å². The first kappa shape index (κ1) is 18.5. The molecule has 0 unspecified atom stereocenters. The summed E-state index contributed by atoms with van der Waals surface area (Å²) in [4.78, 5) is 10.3. The molecule has 2 aromatic rings. The van der Waals surface area contributed by atoms with Gasteiger partial charge in [-0.15, -0.1) is 0 Å². The minimum absolute atomic E-state index is 0.0426. The van der Waals surface area contributed by atoms with Gasteiger partial charge in [0.05, 0.1) is 15.6 Å². The monoisotopic (exact) mass is 437 g/mol. The van der Waals surface area contributed by atoms with E-state index in [1.54, 1.807) is 0 Å². The van der Waals surface area contributed by atoms with Crippen molar-refractivity contribution >= 4 is 49.2 Å².